The van der Waals surface area contributed by atoms with Crippen LogP contribution in [0.25, 0.3) is 0 Å². The van der Waals surface area contributed by atoms with Crippen LogP contribution in [0.15, 0.2) is 43.0 Å². The molecule has 3 rings (SSSR count). The lowest BCUT2D eigenvalue weighted by atomic mass is 10.0. The Bertz CT molecular complexity index is 589. The molecule has 0 amide bonds. The van der Waals surface area contributed by atoms with Gasteiger partial charge in [0.15, 0.2) is 5.79 Å². The SMILES string of the molecule is ClCC1COC(CCc2ccc(Cl)cc2)(Cn2ccnc2)O1. The van der Waals surface area contributed by atoms with E-state index in [4.69, 9.17) is 32.7 Å². The van der Waals surface area contributed by atoms with E-state index in [0.29, 0.717) is 19.0 Å². The molecule has 2 heterocycles. The third-order valence-electron chi connectivity index (χ3n) is 3.78. The van der Waals surface area contributed by atoms with Crippen molar-refractivity contribution < 1.29 is 9.47 Å². The molecule has 118 valence electrons. The van der Waals surface area contributed by atoms with Gasteiger partial charge in [-0.2, -0.15) is 0 Å². The summed E-state index contributed by atoms with van der Waals surface area (Å²) < 4.78 is 14.0. The first-order valence-electron chi connectivity index (χ1n) is 7.27. The lowest BCUT2D eigenvalue weighted by Gasteiger charge is -2.28. The van der Waals surface area contributed by atoms with Gasteiger partial charge in [-0.1, -0.05) is 23.7 Å². The van der Waals surface area contributed by atoms with Crippen LogP contribution in [-0.2, 0) is 22.4 Å². The highest BCUT2D eigenvalue weighted by Crippen LogP contribution is 2.31. The Hall–Kier alpha value is -1.07. The lowest BCUT2D eigenvalue weighted by Crippen LogP contribution is -2.36. The average molecular weight is 341 g/mol. The molecule has 1 fully saturated rings. The normalized spacial score (nSPS) is 24.7. The number of halogens is 2. The van der Waals surface area contributed by atoms with Crippen molar-refractivity contribution in [3.8, 4) is 0 Å². The summed E-state index contributed by atoms with van der Waals surface area (Å²) in [7, 11) is 0. The topological polar surface area (TPSA) is 36.3 Å². The van der Waals surface area contributed by atoms with Gasteiger partial charge in [0.1, 0.15) is 0 Å². The van der Waals surface area contributed by atoms with Crippen molar-refractivity contribution in [1.82, 2.24) is 9.55 Å². The predicted molar refractivity (Wildman–Crippen MR) is 86.3 cm³/mol. The zero-order valence-electron chi connectivity index (χ0n) is 12.1. The molecule has 6 heteroatoms. The Labute approximate surface area is 140 Å². The van der Waals surface area contributed by atoms with Crippen LogP contribution in [0, 0.1) is 0 Å². The molecule has 0 spiro atoms. The van der Waals surface area contributed by atoms with E-state index in [2.05, 4.69) is 4.98 Å². The van der Waals surface area contributed by atoms with Gasteiger partial charge in [-0.3, -0.25) is 0 Å². The molecule has 2 atom stereocenters. The molecule has 0 N–H and O–H groups in total. The molecule has 22 heavy (non-hydrogen) atoms. The Balaban J connectivity index is 1.70. The number of rotatable bonds is 6. The van der Waals surface area contributed by atoms with Gasteiger partial charge in [0.2, 0.25) is 0 Å². The van der Waals surface area contributed by atoms with Gasteiger partial charge in [0.05, 0.1) is 31.5 Å². The van der Waals surface area contributed by atoms with Crippen LogP contribution < -0.4 is 0 Å². The molecule has 2 aromatic rings. The van der Waals surface area contributed by atoms with Crippen LogP contribution in [0.3, 0.4) is 0 Å². The quantitative estimate of drug-likeness (QED) is 0.755. The van der Waals surface area contributed by atoms with Gasteiger partial charge in [0.25, 0.3) is 0 Å². The van der Waals surface area contributed by atoms with Crippen molar-refractivity contribution in [1.29, 1.82) is 0 Å². The van der Waals surface area contributed by atoms with E-state index >= 15 is 0 Å². The minimum Gasteiger partial charge on any atom is -0.345 e. The summed E-state index contributed by atoms with van der Waals surface area (Å²) >= 11 is 11.8. The second-order valence-corrected chi connectivity index (χ2v) is 6.22. The Morgan fingerprint density at radius 2 is 2.14 bits per heavy atom. The van der Waals surface area contributed by atoms with E-state index in [0.717, 1.165) is 17.9 Å². The number of nitrogens with zero attached hydrogens (tertiary/aromatic N) is 2. The highest BCUT2D eigenvalue weighted by Gasteiger charge is 2.41. The van der Waals surface area contributed by atoms with Crippen LogP contribution in [0.1, 0.15) is 12.0 Å². The minimum absolute atomic E-state index is 0.0598. The van der Waals surface area contributed by atoms with Crippen molar-refractivity contribution >= 4 is 23.2 Å². The molecule has 0 saturated carbocycles. The maximum absolute atomic E-state index is 6.09. The summed E-state index contributed by atoms with van der Waals surface area (Å²) in [6.45, 7) is 1.13. The van der Waals surface area contributed by atoms with Gasteiger partial charge in [0, 0.05) is 23.8 Å². The van der Waals surface area contributed by atoms with Gasteiger partial charge < -0.3 is 14.0 Å². The Morgan fingerprint density at radius 3 is 2.77 bits per heavy atom. The molecule has 1 aromatic carbocycles. The third kappa shape index (κ3) is 3.82. The van der Waals surface area contributed by atoms with Crippen LogP contribution in [0.4, 0.5) is 0 Å². The largest absolute Gasteiger partial charge is 0.345 e. The molecule has 1 aromatic heterocycles. The van der Waals surface area contributed by atoms with Crippen LogP contribution in [0.5, 0.6) is 0 Å². The number of benzene rings is 1. The number of aryl methyl sites for hydroxylation is 1. The second-order valence-electron chi connectivity index (χ2n) is 5.48. The first-order valence-corrected chi connectivity index (χ1v) is 8.18. The molecule has 0 aliphatic carbocycles. The standard InChI is InChI=1S/C16H18Cl2N2O2/c17-9-15-10-21-16(22-15,11-20-8-7-19-12-20)6-5-13-1-3-14(18)4-2-13/h1-4,7-8,12,15H,5-6,9-11H2. The van der Waals surface area contributed by atoms with Gasteiger partial charge in [-0.15, -0.1) is 11.6 Å². The molecule has 1 aliphatic rings. The highest BCUT2D eigenvalue weighted by molar-refractivity contribution is 6.30. The number of ether oxygens (including phenoxy) is 2. The number of imidazole rings is 1. The number of hydrogen-bond donors (Lipinski definition) is 0. The summed E-state index contributed by atoms with van der Waals surface area (Å²) in [5.41, 5.74) is 1.20. The van der Waals surface area contributed by atoms with Gasteiger partial charge in [-0.05, 0) is 24.1 Å². The molecule has 0 bridgehead atoms. The summed E-state index contributed by atoms with van der Waals surface area (Å²) in [6.07, 6.45) is 6.97. The zero-order chi connectivity index (χ0) is 15.4. The maximum Gasteiger partial charge on any atom is 0.187 e. The number of aromatic nitrogens is 2. The van der Waals surface area contributed by atoms with Crippen LogP contribution >= 0.6 is 23.2 Å². The predicted octanol–water partition coefficient (Wildman–Crippen LogP) is 3.52. The average Bonchev–Trinajstić information content (AvgIpc) is 3.17. The van der Waals surface area contributed by atoms with Crippen molar-refractivity contribution in [3.05, 3.63) is 53.6 Å². The van der Waals surface area contributed by atoms with Gasteiger partial charge >= 0.3 is 0 Å². The highest BCUT2D eigenvalue weighted by atomic mass is 35.5. The molecule has 4 nitrogen and oxygen atoms in total. The van der Waals surface area contributed by atoms with Crippen molar-refractivity contribution in [3.63, 3.8) is 0 Å². The maximum atomic E-state index is 6.09. The van der Waals surface area contributed by atoms with E-state index < -0.39 is 5.79 Å². The summed E-state index contributed by atoms with van der Waals surface area (Å²) in [5, 5.41) is 0.743. The minimum atomic E-state index is -0.653. The van der Waals surface area contributed by atoms with Crippen molar-refractivity contribution in [2.75, 3.05) is 12.5 Å². The third-order valence-corrected chi connectivity index (χ3v) is 4.37. The fraction of sp³-hybridized carbons (Fsp3) is 0.438. The molecule has 1 saturated heterocycles. The fourth-order valence-corrected chi connectivity index (χ4v) is 2.91. The zero-order valence-corrected chi connectivity index (χ0v) is 13.6. The second kappa shape index (κ2) is 7.01. The van der Waals surface area contributed by atoms with E-state index in [1.165, 1.54) is 5.56 Å². The summed E-state index contributed by atoms with van der Waals surface area (Å²) in [5.74, 6) is -0.216. The molecule has 0 radical (unpaired) electrons. The van der Waals surface area contributed by atoms with E-state index in [1.54, 1.807) is 12.5 Å². The first-order chi connectivity index (χ1) is 10.7. The van der Waals surface area contributed by atoms with Crippen molar-refractivity contribution in [2.24, 2.45) is 0 Å². The molecule has 1 aliphatic heterocycles. The van der Waals surface area contributed by atoms with Crippen LogP contribution in [-0.4, -0.2) is 33.9 Å². The number of alkyl halides is 1. The molecule has 2 unspecified atom stereocenters. The van der Waals surface area contributed by atoms with E-state index in [-0.39, 0.29) is 6.10 Å². The molecular formula is C16H18Cl2N2O2. The summed E-state index contributed by atoms with van der Waals surface area (Å²) in [6, 6.07) is 7.86. The lowest BCUT2D eigenvalue weighted by molar-refractivity contribution is -0.180. The Morgan fingerprint density at radius 1 is 1.32 bits per heavy atom. The molecular weight excluding hydrogens is 323 g/mol. The summed E-state index contributed by atoms with van der Waals surface area (Å²) in [4.78, 5) is 4.07. The fourth-order valence-electron chi connectivity index (χ4n) is 2.63. The van der Waals surface area contributed by atoms with Gasteiger partial charge in [-0.25, -0.2) is 4.98 Å². The first kappa shape index (κ1) is 15.8. The van der Waals surface area contributed by atoms with E-state index in [1.807, 2.05) is 35.0 Å². The number of hydrogen-bond acceptors (Lipinski definition) is 3. The smallest absolute Gasteiger partial charge is 0.187 e. The van der Waals surface area contributed by atoms with Crippen molar-refractivity contribution in [2.45, 2.75) is 31.3 Å². The monoisotopic (exact) mass is 340 g/mol. The Kier molecular flexibility index (Phi) is 5.03. The van der Waals surface area contributed by atoms with Crippen LogP contribution in [0.2, 0.25) is 5.02 Å². The van der Waals surface area contributed by atoms with E-state index in [9.17, 15) is 0 Å².